The van der Waals surface area contributed by atoms with E-state index in [0.29, 0.717) is 37.1 Å². The van der Waals surface area contributed by atoms with Crippen LogP contribution in [0.25, 0.3) is 5.69 Å². The molecule has 1 amide bonds. The summed E-state index contributed by atoms with van der Waals surface area (Å²) in [6, 6.07) is 4.24. The molecular formula is C25H29FN6O3. The number of hydrogen-bond donors (Lipinski definition) is 1. The van der Waals surface area contributed by atoms with E-state index in [4.69, 9.17) is 4.74 Å². The van der Waals surface area contributed by atoms with Crippen LogP contribution in [0.15, 0.2) is 29.2 Å². The molecule has 10 heteroatoms. The third-order valence-corrected chi connectivity index (χ3v) is 6.85. The molecule has 0 saturated heterocycles. The molecule has 1 N–H and O–H groups in total. The largest absolute Gasteiger partial charge is 0.492 e. The van der Waals surface area contributed by atoms with Crippen molar-refractivity contribution in [2.24, 2.45) is 5.92 Å². The second-order valence-corrected chi connectivity index (χ2v) is 9.35. The van der Waals surface area contributed by atoms with E-state index in [2.05, 4.69) is 20.6 Å². The van der Waals surface area contributed by atoms with Gasteiger partial charge in [0.25, 0.3) is 5.91 Å². The molecule has 0 radical (unpaired) electrons. The number of rotatable bonds is 6. The number of nitrogens with one attached hydrogen (secondary N) is 1. The predicted octanol–water partition coefficient (Wildman–Crippen LogP) is 3.82. The van der Waals surface area contributed by atoms with Crippen molar-refractivity contribution in [2.75, 3.05) is 11.9 Å². The minimum absolute atomic E-state index is 0.0252. The van der Waals surface area contributed by atoms with Gasteiger partial charge in [-0.05, 0) is 56.2 Å². The summed E-state index contributed by atoms with van der Waals surface area (Å²) in [7, 11) is 0. The Hall–Kier alpha value is -3.56. The van der Waals surface area contributed by atoms with Crippen LogP contribution >= 0.6 is 0 Å². The standard InChI is InChI=1S/C25H29FN6O3/c1-16-10-11-27-29-23(16)28-24(33)18-13-19(26)20(14-21(18)35-15-17-7-3-2-4-8-17)32-25(34)31-12-6-5-9-22(31)30-32/h10-11,13-14,17H,2-9,12,15H2,1H3,(H,28,29,33). The summed E-state index contributed by atoms with van der Waals surface area (Å²) in [6.45, 7) is 2.78. The fourth-order valence-corrected chi connectivity index (χ4v) is 4.81. The fraction of sp³-hybridized carbons (Fsp3) is 0.480. The normalized spacial score (nSPS) is 16.1. The first kappa shape index (κ1) is 23.2. The number of amides is 1. The second-order valence-electron chi connectivity index (χ2n) is 9.35. The molecule has 1 saturated carbocycles. The minimum Gasteiger partial charge on any atom is -0.492 e. The van der Waals surface area contributed by atoms with Gasteiger partial charge in [0.2, 0.25) is 0 Å². The van der Waals surface area contributed by atoms with Crippen molar-refractivity contribution in [3.8, 4) is 11.4 Å². The molecule has 0 spiro atoms. The maximum absolute atomic E-state index is 15.4. The van der Waals surface area contributed by atoms with E-state index in [9.17, 15) is 9.59 Å². The first-order valence-corrected chi connectivity index (χ1v) is 12.3. The molecule has 0 unspecified atom stereocenters. The highest BCUT2D eigenvalue weighted by atomic mass is 19.1. The summed E-state index contributed by atoms with van der Waals surface area (Å²) >= 11 is 0. The average Bonchev–Trinajstić information content (AvgIpc) is 3.21. The number of anilines is 1. The Kier molecular flexibility index (Phi) is 6.61. The molecule has 2 aliphatic rings. The molecule has 0 atom stereocenters. The van der Waals surface area contributed by atoms with Gasteiger partial charge in [0.1, 0.15) is 23.1 Å². The van der Waals surface area contributed by atoms with Gasteiger partial charge >= 0.3 is 5.69 Å². The van der Waals surface area contributed by atoms with Gasteiger partial charge in [-0.2, -0.15) is 9.78 Å². The lowest BCUT2D eigenvalue weighted by Gasteiger charge is -2.22. The van der Waals surface area contributed by atoms with E-state index in [1.807, 2.05) is 0 Å². The summed E-state index contributed by atoms with van der Waals surface area (Å²) in [6.07, 6.45) is 9.66. The van der Waals surface area contributed by atoms with Gasteiger partial charge in [-0.15, -0.1) is 10.2 Å². The molecule has 1 fully saturated rings. The minimum atomic E-state index is -0.728. The van der Waals surface area contributed by atoms with Crippen molar-refractivity contribution < 1.29 is 13.9 Å². The van der Waals surface area contributed by atoms with Gasteiger partial charge in [0, 0.05) is 19.0 Å². The quantitative estimate of drug-likeness (QED) is 0.575. The smallest absolute Gasteiger partial charge is 0.350 e. The van der Waals surface area contributed by atoms with Crippen LogP contribution in [0.1, 0.15) is 66.7 Å². The van der Waals surface area contributed by atoms with E-state index in [0.717, 1.165) is 54.8 Å². The Balaban J connectivity index is 1.51. The van der Waals surface area contributed by atoms with E-state index in [1.54, 1.807) is 17.6 Å². The van der Waals surface area contributed by atoms with Gasteiger partial charge in [-0.3, -0.25) is 9.36 Å². The molecule has 0 bridgehead atoms. The van der Waals surface area contributed by atoms with Gasteiger partial charge in [0.15, 0.2) is 5.82 Å². The topological polar surface area (TPSA) is 104 Å². The molecular weight excluding hydrogens is 451 g/mol. The zero-order valence-electron chi connectivity index (χ0n) is 19.8. The van der Waals surface area contributed by atoms with Crippen LogP contribution in [0.2, 0.25) is 0 Å². The number of fused-ring (bicyclic) bond motifs is 1. The zero-order valence-corrected chi connectivity index (χ0v) is 19.8. The van der Waals surface area contributed by atoms with Crippen molar-refractivity contribution in [3.63, 3.8) is 0 Å². The second kappa shape index (κ2) is 9.97. The molecule has 3 heterocycles. The number of nitrogens with zero attached hydrogens (tertiary/aromatic N) is 5. The first-order valence-electron chi connectivity index (χ1n) is 12.3. The summed E-state index contributed by atoms with van der Waals surface area (Å²) < 4.78 is 24.1. The third-order valence-electron chi connectivity index (χ3n) is 6.85. The molecule has 35 heavy (non-hydrogen) atoms. The summed E-state index contributed by atoms with van der Waals surface area (Å²) in [5.41, 5.74) is 0.349. The average molecular weight is 481 g/mol. The Bertz CT molecular complexity index is 1290. The lowest BCUT2D eigenvalue weighted by atomic mass is 9.90. The lowest BCUT2D eigenvalue weighted by Crippen LogP contribution is -2.27. The molecule has 184 valence electrons. The van der Waals surface area contributed by atoms with E-state index in [-0.39, 0.29) is 22.7 Å². The van der Waals surface area contributed by atoms with Crippen LogP contribution in [0.3, 0.4) is 0 Å². The first-order chi connectivity index (χ1) is 17.0. The summed E-state index contributed by atoms with van der Waals surface area (Å²) in [4.78, 5) is 26.1. The van der Waals surface area contributed by atoms with E-state index < -0.39 is 11.7 Å². The van der Waals surface area contributed by atoms with Crippen molar-refractivity contribution >= 4 is 11.7 Å². The van der Waals surface area contributed by atoms with E-state index >= 15 is 4.39 Å². The SMILES string of the molecule is Cc1ccnnc1NC(=O)c1cc(F)c(-n2nc3n(c2=O)CCCC3)cc1OCC1CCCCC1. The highest BCUT2D eigenvalue weighted by Crippen LogP contribution is 2.29. The monoisotopic (exact) mass is 480 g/mol. The number of aromatic nitrogens is 5. The van der Waals surface area contributed by atoms with Crippen LogP contribution in [0.4, 0.5) is 10.2 Å². The summed E-state index contributed by atoms with van der Waals surface area (Å²) in [5, 5.41) is 14.8. The maximum atomic E-state index is 15.4. The predicted molar refractivity (Wildman–Crippen MR) is 128 cm³/mol. The highest BCUT2D eigenvalue weighted by molar-refractivity contribution is 6.06. The van der Waals surface area contributed by atoms with Crippen LogP contribution in [0.5, 0.6) is 5.75 Å². The number of ether oxygens (including phenoxy) is 1. The molecule has 1 aliphatic carbocycles. The van der Waals surface area contributed by atoms with Crippen LogP contribution in [-0.4, -0.2) is 37.1 Å². The van der Waals surface area contributed by atoms with Crippen LogP contribution in [0, 0.1) is 18.7 Å². The number of hydrogen-bond acceptors (Lipinski definition) is 6. The number of aryl methyl sites for hydroxylation is 2. The molecule has 2 aromatic heterocycles. The van der Waals surface area contributed by atoms with Crippen LogP contribution in [-0.2, 0) is 13.0 Å². The van der Waals surface area contributed by atoms with Crippen molar-refractivity contribution in [1.29, 1.82) is 0 Å². The molecule has 1 aromatic carbocycles. The third kappa shape index (κ3) is 4.82. The zero-order chi connectivity index (χ0) is 24.4. The van der Waals surface area contributed by atoms with Crippen molar-refractivity contribution in [1.82, 2.24) is 24.5 Å². The number of halogens is 1. The molecule has 5 rings (SSSR count). The van der Waals surface area contributed by atoms with Gasteiger partial charge in [-0.1, -0.05) is 19.3 Å². The Morgan fingerprint density at radius 2 is 2.03 bits per heavy atom. The van der Waals surface area contributed by atoms with Gasteiger partial charge in [-0.25, -0.2) is 9.18 Å². The lowest BCUT2D eigenvalue weighted by molar-refractivity contribution is 0.102. The van der Waals surface area contributed by atoms with Crippen molar-refractivity contribution in [3.05, 3.63) is 57.6 Å². The Labute approximate surface area is 202 Å². The molecule has 9 nitrogen and oxygen atoms in total. The van der Waals surface area contributed by atoms with Gasteiger partial charge in [0.05, 0.1) is 18.4 Å². The maximum Gasteiger partial charge on any atom is 0.350 e. The van der Waals surface area contributed by atoms with Crippen LogP contribution < -0.4 is 15.7 Å². The Morgan fingerprint density at radius 3 is 2.80 bits per heavy atom. The molecule has 1 aliphatic heterocycles. The number of carbonyl (C=O) groups excluding carboxylic acids is 1. The Morgan fingerprint density at radius 1 is 1.20 bits per heavy atom. The summed E-state index contributed by atoms with van der Waals surface area (Å²) in [5.74, 6) is 0.230. The highest BCUT2D eigenvalue weighted by Gasteiger charge is 2.24. The van der Waals surface area contributed by atoms with E-state index in [1.165, 1.54) is 18.7 Å². The van der Waals surface area contributed by atoms with Gasteiger partial charge < -0.3 is 10.1 Å². The number of carbonyl (C=O) groups is 1. The molecule has 3 aromatic rings. The number of benzene rings is 1. The van der Waals surface area contributed by atoms with Crippen molar-refractivity contribution in [2.45, 2.75) is 64.8 Å². The fourth-order valence-electron chi connectivity index (χ4n) is 4.81.